The second-order valence-electron chi connectivity index (χ2n) is 8.46. The van der Waals surface area contributed by atoms with E-state index in [-0.39, 0.29) is 28.4 Å². The molecule has 12 nitrogen and oxygen atoms in total. The molecule has 0 bridgehead atoms. The molecule has 0 atom stereocenters. The predicted octanol–water partition coefficient (Wildman–Crippen LogP) is 4.07. The number of nitro groups is 2. The van der Waals surface area contributed by atoms with E-state index in [0.717, 1.165) is 18.2 Å². The number of nitrogens with zero attached hydrogens (tertiary/aromatic N) is 4. The number of non-ortho nitro benzene ring substituents is 2. The zero-order valence-electron chi connectivity index (χ0n) is 19.1. The number of aliphatic hydroxyl groups is 1. The van der Waals surface area contributed by atoms with Crippen molar-refractivity contribution in [3.63, 3.8) is 0 Å². The average molecular weight is 480 g/mol. The maximum atomic E-state index is 12.8. The number of hydrogen-bond acceptors (Lipinski definition) is 8. The topological polar surface area (TPSA) is 175 Å². The number of carbonyl (C=O) groups excluding carboxylic acids is 2. The normalized spacial score (nSPS) is 14.6. The van der Waals surface area contributed by atoms with Crippen molar-refractivity contribution in [1.82, 2.24) is 0 Å². The van der Waals surface area contributed by atoms with Crippen molar-refractivity contribution in [3.05, 3.63) is 90.7 Å². The molecule has 0 saturated carbocycles. The summed E-state index contributed by atoms with van der Waals surface area (Å²) in [6, 6.07) is 8.94. The quantitative estimate of drug-likeness (QED) is 0.219. The zero-order chi connectivity index (χ0) is 26.1. The lowest BCUT2D eigenvalue weighted by molar-refractivity contribution is -0.394. The Morgan fingerprint density at radius 2 is 1.54 bits per heavy atom. The first-order valence-electron chi connectivity index (χ1n) is 10.2. The van der Waals surface area contributed by atoms with Gasteiger partial charge in [-0.05, 0) is 27.7 Å². The van der Waals surface area contributed by atoms with Crippen molar-refractivity contribution in [1.29, 1.82) is 0 Å². The third-order valence-electron chi connectivity index (χ3n) is 4.62. The number of hydrogen-bond donors (Lipinski definition) is 1. The first-order chi connectivity index (χ1) is 16.3. The van der Waals surface area contributed by atoms with Crippen molar-refractivity contribution < 1.29 is 29.3 Å². The lowest BCUT2D eigenvalue weighted by Crippen LogP contribution is -2.28. The third-order valence-corrected chi connectivity index (χ3v) is 4.62. The molecular weight excluding hydrogens is 460 g/mol. The summed E-state index contributed by atoms with van der Waals surface area (Å²) in [6.45, 7) is 6.25. The van der Waals surface area contributed by atoms with Gasteiger partial charge in [-0.15, -0.1) is 0 Å². The van der Waals surface area contributed by atoms with E-state index >= 15 is 0 Å². The summed E-state index contributed by atoms with van der Waals surface area (Å²) >= 11 is 0. The molecule has 1 N–H and O–H groups in total. The van der Waals surface area contributed by atoms with Crippen LogP contribution < -0.4 is 0 Å². The van der Waals surface area contributed by atoms with E-state index in [0.29, 0.717) is 11.1 Å². The van der Waals surface area contributed by atoms with Gasteiger partial charge >= 0.3 is 5.97 Å². The van der Waals surface area contributed by atoms with Crippen molar-refractivity contribution in [2.45, 2.75) is 33.3 Å². The van der Waals surface area contributed by atoms with E-state index in [4.69, 9.17) is 4.74 Å². The van der Waals surface area contributed by atoms with Crippen LogP contribution in [0.2, 0.25) is 0 Å². The summed E-state index contributed by atoms with van der Waals surface area (Å²) < 4.78 is 5.37. The number of amides is 1. The summed E-state index contributed by atoms with van der Waals surface area (Å²) in [5, 5.41) is 32.5. The Hall–Kier alpha value is -4.74. The predicted molar refractivity (Wildman–Crippen MR) is 125 cm³/mol. The van der Waals surface area contributed by atoms with Gasteiger partial charge in [-0.2, -0.15) is 4.99 Å². The van der Waals surface area contributed by atoms with Gasteiger partial charge in [0.25, 0.3) is 17.3 Å². The molecule has 0 spiro atoms. The average Bonchev–Trinajstić information content (AvgIpc) is 3.09. The molecule has 1 amide bonds. The Morgan fingerprint density at radius 3 is 2.03 bits per heavy atom. The lowest BCUT2D eigenvalue weighted by atomic mass is 9.99. The fourth-order valence-electron chi connectivity index (χ4n) is 3.22. The SMILES string of the molecule is C/C(O)=C(\C(=O)OC(C)(C)C)C1=NC(=NC(=O)c2cc([N+](=O)[O-])cc([N+](=O)[O-])c2)c2ccccc21. The molecule has 0 aromatic heterocycles. The van der Waals surface area contributed by atoms with Crippen molar-refractivity contribution in [3.8, 4) is 0 Å². The minimum Gasteiger partial charge on any atom is -0.512 e. The van der Waals surface area contributed by atoms with Gasteiger partial charge in [0.1, 0.15) is 16.9 Å². The van der Waals surface area contributed by atoms with Gasteiger partial charge in [0.2, 0.25) is 0 Å². The highest BCUT2D eigenvalue weighted by Crippen LogP contribution is 2.28. The first-order valence-corrected chi connectivity index (χ1v) is 10.2. The molecule has 1 heterocycles. The number of fused-ring (bicyclic) bond motifs is 1. The smallest absolute Gasteiger partial charge is 0.344 e. The van der Waals surface area contributed by atoms with E-state index in [1.165, 1.54) is 6.92 Å². The summed E-state index contributed by atoms with van der Waals surface area (Å²) in [5.74, 6) is -2.37. The Morgan fingerprint density at radius 1 is 1.00 bits per heavy atom. The van der Waals surface area contributed by atoms with Gasteiger partial charge < -0.3 is 9.84 Å². The Kier molecular flexibility index (Phi) is 6.58. The van der Waals surface area contributed by atoms with Crippen LogP contribution in [0.5, 0.6) is 0 Å². The molecule has 1 aliphatic rings. The van der Waals surface area contributed by atoms with Crippen LogP contribution in [0.15, 0.2) is 63.8 Å². The van der Waals surface area contributed by atoms with E-state index in [1.807, 2.05) is 0 Å². The molecule has 35 heavy (non-hydrogen) atoms. The minimum atomic E-state index is -1.02. The van der Waals surface area contributed by atoms with Gasteiger partial charge in [-0.3, -0.25) is 25.0 Å². The molecular formula is C23H20N4O8. The van der Waals surface area contributed by atoms with Crippen molar-refractivity contribution in [2.24, 2.45) is 9.98 Å². The molecule has 2 aromatic rings. The Labute approximate surface area is 198 Å². The number of esters is 1. The monoisotopic (exact) mass is 480 g/mol. The number of allylic oxidation sites excluding steroid dienone is 1. The largest absolute Gasteiger partial charge is 0.512 e. The first kappa shape index (κ1) is 24.9. The van der Waals surface area contributed by atoms with E-state index < -0.39 is 38.7 Å². The maximum Gasteiger partial charge on any atom is 0.344 e. The fourth-order valence-corrected chi connectivity index (χ4v) is 3.22. The number of benzene rings is 2. The van der Waals surface area contributed by atoms with Gasteiger partial charge in [-0.1, -0.05) is 24.3 Å². The third kappa shape index (κ3) is 5.43. The number of aliphatic imine (C=N–C) groups is 2. The standard InChI is InChI=1S/C23H20N4O8/c1-12(28)18(22(30)35-23(2,3)4)19-16-7-5-6-8-17(16)20(24-19)25-21(29)13-9-14(26(31)32)11-15(10-13)27(33)34/h5-11,28H,1-4H3/b18-12+,25-20?. The van der Waals surface area contributed by atoms with Crippen molar-refractivity contribution in [2.75, 3.05) is 0 Å². The highest BCUT2D eigenvalue weighted by molar-refractivity contribution is 6.36. The van der Waals surface area contributed by atoms with Crippen molar-refractivity contribution >= 4 is 34.8 Å². The molecule has 180 valence electrons. The summed E-state index contributed by atoms with van der Waals surface area (Å²) in [7, 11) is 0. The van der Waals surface area contributed by atoms with Crippen LogP contribution in [0.25, 0.3) is 0 Å². The Bertz CT molecular complexity index is 1330. The number of aliphatic hydroxyl groups excluding tert-OH is 1. The number of carbonyl (C=O) groups is 2. The van der Waals surface area contributed by atoms with Gasteiger partial charge in [0, 0.05) is 23.3 Å². The van der Waals surface area contributed by atoms with Gasteiger partial charge in [0.05, 0.1) is 27.2 Å². The highest BCUT2D eigenvalue weighted by atomic mass is 16.6. The van der Waals surface area contributed by atoms with Crippen LogP contribution in [-0.4, -0.2) is 44.0 Å². The number of nitro benzene ring substituents is 2. The number of rotatable bonds is 5. The zero-order valence-corrected chi connectivity index (χ0v) is 19.1. The fraction of sp³-hybridized carbons (Fsp3) is 0.217. The van der Waals surface area contributed by atoms with Gasteiger partial charge in [0.15, 0.2) is 5.84 Å². The Balaban J connectivity index is 2.13. The molecule has 2 aromatic carbocycles. The summed E-state index contributed by atoms with van der Waals surface area (Å²) in [4.78, 5) is 54.4. The maximum absolute atomic E-state index is 12.8. The van der Waals surface area contributed by atoms with Crippen LogP contribution in [0, 0.1) is 20.2 Å². The second kappa shape index (κ2) is 9.25. The summed E-state index contributed by atoms with van der Waals surface area (Å²) in [5.41, 5.74) is -2.02. The highest BCUT2D eigenvalue weighted by Gasteiger charge is 2.32. The number of ether oxygens (including phenoxy) is 1. The molecule has 0 fully saturated rings. The molecule has 12 heteroatoms. The minimum absolute atomic E-state index is 0.0198. The van der Waals surface area contributed by atoms with E-state index in [2.05, 4.69) is 9.98 Å². The second-order valence-corrected chi connectivity index (χ2v) is 8.46. The molecule has 0 unspecified atom stereocenters. The van der Waals surface area contributed by atoms with Crippen LogP contribution in [-0.2, 0) is 9.53 Å². The molecule has 1 aliphatic heterocycles. The number of amidine groups is 1. The van der Waals surface area contributed by atoms with E-state index in [9.17, 15) is 34.9 Å². The van der Waals surface area contributed by atoms with Gasteiger partial charge in [-0.25, -0.2) is 9.79 Å². The molecule has 3 rings (SSSR count). The van der Waals surface area contributed by atoms with E-state index in [1.54, 1.807) is 45.0 Å². The van der Waals surface area contributed by atoms with Crippen LogP contribution in [0.1, 0.15) is 49.2 Å². The lowest BCUT2D eigenvalue weighted by Gasteiger charge is -2.21. The van der Waals surface area contributed by atoms with Crippen LogP contribution in [0.4, 0.5) is 11.4 Å². The van der Waals surface area contributed by atoms with Crippen LogP contribution in [0.3, 0.4) is 0 Å². The summed E-state index contributed by atoms with van der Waals surface area (Å²) in [6.07, 6.45) is 0. The molecule has 0 saturated heterocycles. The molecule has 0 radical (unpaired) electrons. The van der Waals surface area contributed by atoms with Crippen LogP contribution >= 0.6 is 0 Å². The molecule has 0 aliphatic carbocycles.